The average molecular weight is 179 g/mol. The number of rotatable bonds is 0. The molecule has 1 aromatic heterocycles. The van der Waals surface area contributed by atoms with Crippen LogP contribution in [0.2, 0.25) is 0 Å². The predicted octanol–water partition coefficient (Wildman–Crippen LogP) is 2.58. The normalized spacial score (nSPS) is 10.9. The minimum Gasteiger partial charge on any atom is -0.159 e. The van der Waals surface area contributed by atoms with Crippen molar-refractivity contribution in [2.24, 2.45) is 0 Å². The van der Waals surface area contributed by atoms with Gasteiger partial charge in [-0.05, 0) is 29.0 Å². The fraction of sp³-hybridized carbons (Fsp3) is 0. The number of hydrogen-bond acceptors (Lipinski definition) is 2. The molecule has 0 aliphatic heterocycles. The van der Waals surface area contributed by atoms with Crippen molar-refractivity contribution in [3.05, 3.63) is 48.7 Å². The lowest BCUT2D eigenvalue weighted by atomic mass is 10.1. The minimum absolute atomic E-state index is 0.930. The molecule has 0 amide bonds. The van der Waals surface area contributed by atoms with Crippen LogP contribution >= 0.6 is 0 Å². The zero-order valence-corrected chi connectivity index (χ0v) is 7.44. The van der Waals surface area contributed by atoms with Crippen molar-refractivity contribution in [1.29, 1.82) is 0 Å². The van der Waals surface area contributed by atoms with Crippen LogP contribution in [0.5, 0.6) is 0 Å². The zero-order chi connectivity index (χ0) is 9.38. The van der Waals surface area contributed by atoms with Crippen LogP contribution in [0.15, 0.2) is 42.6 Å². The summed E-state index contributed by atoms with van der Waals surface area (Å²) in [7, 11) is 0. The molecule has 2 nitrogen and oxygen atoms in total. The highest BCUT2D eigenvalue weighted by atomic mass is 15.1. The zero-order valence-electron chi connectivity index (χ0n) is 7.44. The summed E-state index contributed by atoms with van der Waals surface area (Å²) < 4.78 is 0. The van der Waals surface area contributed by atoms with Crippen molar-refractivity contribution in [3.8, 4) is 0 Å². The monoisotopic (exact) mass is 179 g/mol. The Morgan fingerprint density at radius 2 is 2.00 bits per heavy atom. The number of hydrogen-bond donors (Lipinski definition) is 0. The molecule has 0 unspecified atom stereocenters. The maximum absolute atomic E-state index is 4.07. The number of aromatic nitrogens is 2. The molecule has 0 saturated carbocycles. The first-order chi connectivity index (χ1) is 6.95. The molecule has 2 heteroatoms. The van der Waals surface area contributed by atoms with E-state index in [0.717, 1.165) is 16.3 Å². The third kappa shape index (κ3) is 0.973. The molecule has 65 valence electrons. The van der Waals surface area contributed by atoms with Gasteiger partial charge >= 0.3 is 0 Å². The van der Waals surface area contributed by atoms with Gasteiger partial charge in [0, 0.05) is 5.39 Å². The van der Waals surface area contributed by atoms with Crippen LogP contribution in [0.3, 0.4) is 0 Å². The molecular formula is C12H7N2. The maximum Gasteiger partial charge on any atom is 0.0936 e. The molecule has 2 aromatic carbocycles. The summed E-state index contributed by atoms with van der Waals surface area (Å²) in [6, 6.07) is 15.2. The maximum atomic E-state index is 4.07. The predicted molar refractivity (Wildman–Crippen MR) is 55.9 cm³/mol. The highest BCUT2D eigenvalue weighted by molar-refractivity contribution is 6.05. The van der Waals surface area contributed by atoms with Gasteiger partial charge in [0.2, 0.25) is 0 Å². The van der Waals surface area contributed by atoms with E-state index in [1.165, 1.54) is 5.39 Å². The van der Waals surface area contributed by atoms with Crippen molar-refractivity contribution < 1.29 is 0 Å². The van der Waals surface area contributed by atoms with Crippen molar-refractivity contribution >= 4 is 21.7 Å². The first-order valence-electron chi connectivity index (χ1n) is 4.46. The van der Waals surface area contributed by atoms with E-state index in [2.05, 4.69) is 22.3 Å². The van der Waals surface area contributed by atoms with Crippen LogP contribution in [0, 0.1) is 6.07 Å². The van der Waals surface area contributed by atoms with E-state index in [1.807, 2.05) is 30.3 Å². The van der Waals surface area contributed by atoms with E-state index in [-0.39, 0.29) is 0 Å². The van der Waals surface area contributed by atoms with Gasteiger partial charge in [0.1, 0.15) is 0 Å². The largest absolute Gasteiger partial charge is 0.159 e. The van der Waals surface area contributed by atoms with Gasteiger partial charge in [-0.25, -0.2) is 0 Å². The third-order valence-electron chi connectivity index (χ3n) is 2.34. The van der Waals surface area contributed by atoms with Crippen molar-refractivity contribution in [2.45, 2.75) is 0 Å². The molecule has 0 saturated heterocycles. The molecule has 0 N–H and O–H groups in total. The van der Waals surface area contributed by atoms with Gasteiger partial charge in [0.15, 0.2) is 0 Å². The van der Waals surface area contributed by atoms with Gasteiger partial charge < -0.3 is 0 Å². The fourth-order valence-electron chi connectivity index (χ4n) is 1.68. The molecule has 14 heavy (non-hydrogen) atoms. The Kier molecular flexibility index (Phi) is 1.47. The molecule has 0 fully saturated rings. The summed E-state index contributed by atoms with van der Waals surface area (Å²) in [5, 5.41) is 11.4. The molecule has 0 bridgehead atoms. The first kappa shape index (κ1) is 7.44. The standard InChI is InChI=1S/C12H7N2/c1-2-4-10-9(3-1)5-6-12-11(10)7-8-13-14-12/h1-2,4-8H. The Labute approximate surface area is 81.2 Å². The molecule has 0 aliphatic rings. The number of fused-ring (bicyclic) bond motifs is 3. The average Bonchev–Trinajstić information content (AvgIpc) is 2.29. The lowest BCUT2D eigenvalue weighted by Gasteiger charge is -2.00. The number of nitrogens with zero attached hydrogens (tertiary/aromatic N) is 2. The van der Waals surface area contributed by atoms with Crippen molar-refractivity contribution in [1.82, 2.24) is 10.2 Å². The molecule has 0 atom stereocenters. The topological polar surface area (TPSA) is 25.8 Å². The van der Waals surface area contributed by atoms with Crippen molar-refractivity contribution in [3.63, 3.8) is 0 Å². The molecule has 1 radical (unpaired) electrons. The Balaban J connectivity index is 2.61. The van der Waals surface area contributed by atoms with E-state index < -0.39 is 0 Å². The summed E-state index contributed by atoms with van der Waals surface area (Å²) in [6.07, 6.45) is 1.72. The van der Waals surface area contributed by atoms with Crippen molar-refractivity contribution in [2.75, 3.05) is 0 Å². The summed E-state index contributed by atoms with van der Waals surface area (Å²) in [5.74, 6) is 0. The summed E-state index contributed by atoms with van der Waals surface area (Å²) in [5.41, 5.74) is 0.930. The second-order valence-electron chi connectivity index (χ2n) is 3.16. The summed E-state index contributed by atoms with van der Waals surface area (Å²) in [6.45, 7) is 0. The Morgan fingerprint density at radius 1 is 1.00 bits per heavy atom. The molecule has 3 rings (SSSR count). The Morgan fingerprint density at radius 3 is 3.00 bits per heavy atom. The fourth-order valence-corrected chi connectivity index (χ4v) is 1.68. The molecule has 0 aliphatic carbocycles. The van der Waals surface area contributed by atoms with Gasteiger partial charge in [-0.3, -0.25) is 0 Å². The van der Waals surface area contributed by atoms with Crippen LogP contribution in [-0.2, 0) is 0 Å². The molecule has 1 heterocycles. The lowest BCUT2D eigenvalue weighted by Crippen LogP contribution is -1.83. The summed E-state index contributed by atoms with van der Waals surface area (Å²) >= 11 is 0. The highest BCUT2D eigenvalue weighted by Gasteiger charge is 1.99. The highest BCUT2D eigenvalue weighted by Crippen LogP contribution is 2.22. The SMILES string of the molecule is [c]1cccc2c1ccc1nnccc12. The number of benzene rings is 2. The lowest BCUT2D eigenvalue weighted by molar-refractivity contribution is 1.08. The molecule has 3 aromatic rings. The Hall–Kier alpha value is -1.96. The van der Waals surface area contributed by atoms with E-state index in [1.54, 1.807) is 6.20 Å². The van der Waals surface area contributed by atoms with Gasteiger partial charge in [0.25, 0.3) is 0 Å². The minimum atomic E-state index is 0.930. The van der Waals surface area contributed by atoms with Gasteiger partial charge in [-0.15, -0.1) is 0 Å². The summed E-state index contributed by atoms with van der Waals surface area (Å²) in [4.78, 5) is 0. The van der Waals surface area contributed by atoms with Crippen LogP contribution in [0.1, 0.15) is 0 Å². The van der Waals surface area contributed by atoms with Crippen LogP contribution in [0.25, 0.3) is 21.7 Å². The molecular weight excluding hydrogens is 172 g/mol. The van der Waals surface area contributed by atoms with E-state index in [0.29, 0.717) is 0 Å². The van der Waals surface area contributed by atoms with Gasteiger partial charge in [0.05, 0.1) is 11.7 Å². The second-order valence-corrected chi connectivity index (χ2v) is 3.16. The van der Waals surface area contributed by atoms with Crippen LogP contribution < -0.4 is 0 Å². The second kappa shape index (κ2) is 2.77. The quantitative estimate of drug-likeness (QED) is 0.496. The van der Waals surface area contributed by atoms with E-state index in [4.69, 9.17) is 0 Å². The van der Waals surface area contributed by atoms with Gasteiger partial charge in [-0.2, -0.15) is 10.2 Å². The first-order valence-corrected chi connectivity index (χ1v) is 4.46. The van der Waals surface area contributed by atoms with Gasteiger partial charge in [-0.1, -0.05) is 24.3 Å². The van der Waals surface area contributed by atoms with E-state index in [9.17, 15) is 0 Å². The van der Waals surface area contributed by atoms with Crippen LogP contribution in [0.4, 0.5) is 0 Å². The third-order valence-corrected chi connectivity index (χ3v) is 2.34. The van der Waals surface area contributed by atoms with E-state index >= 15 is 0 Å². The molecule has 0 spiro atoms. The smallest absolute Gasteiger partial charge is 0.0936 e. The Bertz CT molecular complexity index is 547. The van der Waals surface area contributed by atoms with Crippen LogP contribution in [-0.4, -0.2) is 10.2 Å².